The van der Waals surface area contributed by atoms with E-state index in [0.717, 1.165) is 0 Å². The molecule has 2 saturated heterocycles. The number of rotatable bonds is 2. The van der Waals surface area contributed by atoms with Crippen LogP contribution >= 0.6 is 0 Å². The van der Waals surface area contributed by atoms with Crippen LogP contribution in [0.5, 0.6) is 0 Å². The van der Waals surface area contributed by atoms with Crippen LogP contribution in [0.1, 0.15) is 27.7 Å². The Hall–Kier alpha value is -1.44. The summed E-state index contributed by atoms with van der Waals surface area (Å²) in [4.78, 5) is 29.9. The van der Waals surface area contributed by atoms with Crippen molar-refractivity contribution in [3.63, 3.8) is 0 Å². The molecule has 21 heavy (non-hydrogen) atoms. The Morgan fingerprint density at radius 1 is 1.33 bits per heavy atom. The molecular formula is C14H19NO6. The van der Waals surface area contributed by atoms with Crippen LogP contribution in [0.4, 0.5) is 0 Å². The molecule has 0 N–H and O–H groups in total. The van der Waals surface area contributed by atoms with Crippen molar-refractivity contribution in [1.29, 1.82) is 0 Å². The number of esters is 1. The lowest BCUT2D eigenvalue weighted by molar-refractivity contribution is -0.299. The fraction of sp³-hybridized carbons (Fsp3) is 0.714. The first-order chi connectivity index (χ1) is 9.81. The normalized spacial score (nSPS) is 39.2. The average Bonchev–Trinajstić information content (AvgIpc) is 2.76. The molecule has 0 spiro atoms. The molecule has 7 nitrogen and oxygen atoms in total. The number of carbonyl (C=O) groups excluding carboxylic acids is 2. The number of fused-ring (bicyclic) bond motifs is 1. The van der Waals surface area contributed by atoms with Crippen molar-refractivity contribution < 1.29 is 28.6 Å². The van der Waals surface area contributed by atoms with Gasteiger partial charge in [-0.1, -0.05) is 6.08 Å². The number of carbonyl (C=O) groups is 2. The lowest BCUT2D eigenvalue weighted by Gasteiger charge is -2.50. The molecular weight excluding hydrogens is 278 g/mol. The fourth-order valence-corrected chi connectivity index (χ4v) is 3.07. The maximum Gasteiger partial charge on any atom is 0.348 e. The summed E-state index contributed by atoms with van der Waals surface area (Å²) in [5.41, 5.74) is -1.48. The highest BCUT2D eigenvalue weighted by Crippen LogP contribution is 2.47. The van der Waals surface area contributed by atoms with Gasteiger partial charge in [0.1, 0.15) is 18.2 Å². The topological polar surface area (TPSA) is 74.3 Å². The van der Waals surface area contributed by atoms with Crippen LogP contribution < -0.4 is 0 Å². The van der Waals surface area contributed by atoms with Crippen LogP contribution in [0, 0.1) is 0 Å². The van der Waals surface area contributed by atoms with E-state index in [1.54, 1.807) is 32.9 Å². The minimum atomic E-state index is -1.48. The summed E-state index contributed by atoms with van der Waals surface area (Å²) in [5, 5.41) is 1.17. The van der Waals surface area contributed by atoms with E-state index in [-0.39, 0.29) is 12.5 Å². The standard InChI is InChI=1S/C14H19NO6/c1-5-18-12(17)14-7-6-9(15(21-14)8(2)16)10-11(14)20-13(3,4)19-10/h6-7,9-11H,5H2,1-4H3/t9-,10+,11+,14?/m1/s1. The molecule has 2 fully saturated rings. The molecule has 4 aliphatic rings. The Bertz CT molecular complexity index is 516. The van der Waals surface area contributed by atoms with E-state index in [1.165, 1.54) is 12.0 Å². The number of nitrogens with zero attached hydrogens (tertiary/aromatic N) is 1. The molecule has 7 heteroatoms. The first-order valence-corrected chi connectivity index (χ1v) is 7.02. The first kappa shape index (κ1) is 14.5. The molecule has 3 heterocycles. The van der Waals surface area contributed by atoms with Crippen LogP contribution in [-0.4, -0.2) is 53.2 Å². The number of ether oxygens (including phenoxy) is 3. The Balaban J connectivity index is 2.03. The molecule has 0 aromatic rings. The van der Waals surface area contributed by atoms with Gasteiger partial charge in [-0.3, -0.25) is 4.79 Å². The maximum atomic E-state index is 12.4. The molecule has 0 aromatic heterocycles. The van der Waals surface area contributed by atoms with Crippen LogP contribution in [0.3, 0.4) is 0 Å². The second kappa shape index (κ2) is 4.53. The molecule has 0 aromatic carbocycles. The zero-order valence-corrected chi connectivity index (χ0v) is 12.5. The predicted octanol–water partition coefficient (Wildman–Crippen LogP) is 0.540. The molecule has 1 unspecified atom stereocenters. The maximum absolute atomic E-state index is 12.4. The van der Waals surface area contributed by atoms with Crippen molar-refractivity contribution in [3.05, 3.63) is 12.2 Å². The van der Waals surface area contributed by atoms with Crippen LogP contribution in [-0.2, 0) is 28.6 Å². The summed E-state index contributed by atoms with van der Waals surface area (Å²) < 4.78 is 16.8. The summed E-state index contributed by atoms with van der Waals surface area (Å²) >= 11 is 0. The van der Waals surface area contributed by atoms with E-state index in [9.17, 15) is 9.59 Å². The molecule has 4 rings (SSSR count). The average molecular weight is 297 g/mol. The third kappa shape index (κ3) is 1.99. The van der Waals surface area contributed by atoms with Gasteiger partial charge >= 0.3 is 5.97 Å². The summed E-state index contributed by atoms with van der Waals surface area (Å²) in [6.45, 7) is 6.83. The zero-order chi connectivity index (χ0) is 15.4. The quantitative estimate of drug-likeness (QED) is 0.547. The van der Waals surface area contributed by atoms with Crippen LogP contribution in [0.2, 0.25) is 0 Å². The van der Waals surface area contributed by atoms with Gasteiger partial charge in [0.05, 0.1) is 6.61 Å². The highest BCUT2D eigenvalue weighted by Gasteiger charge is 2.67. The van der Waals surface area contributed by atoms with E-state index in [0.29, 0.717) is 0 Å². The minimum absolute atomic E-state index is 0.211. The monoisotopic (exact) mass is 297 g/mol. The van der Waals surface area contributed by atoms with Gasteiger partial charge < -0.3 is 14.2 Å². The minimum Gasteiger partial charge on any atom is -0.463 e. The van der Waals surface area contributed by atoms with Crippen molar-refractivity contribution in [3.8, 4) is 0 Å². The highest BCUT2D eigenvalue weighted by atomic mass is 16.8. The molecule has 4 atom stereocenters. The van der Waals surface area contributed by atoms with Gasteiger partial charge in [0, 0.05) is 6.92 Å². The second-order valence-corrected chi connectivity index (χ2v) is 5.82. The van der Waals surface area contributed by atoms with Crippen molar-refractivity contribution >= 4 is 11.9 Å². The van der Waals surface area contributed by atoms with E-state index in [2.05, 4.69) is 0 Å². The third-order valence-corrected chi connectivity index (χ3v) is 3.85. The van der Waals surface area contributed by atoms with E-state index in [4.69, 9.17) is 19.0 Å². The number of amides is 1. The van der Waals surface area contributed by atoms with Gasteiger partial charge in [0.2, 0.25) is 11.5 Å². The van der Waals surface area contributed by atoms with E-state index >= 15 is 0 Å². The Kier molecular flexibility index (Phi) is 3.12. The zero-order valence-electron chi connectivity index (χ0n) is 12.5. The van der Waals surface area contributed by atoms with Crippen LogP contribution in [0.25, 0.3) is 0 Å². The molecule has 3 aliphatic heterocycles. The number of hydrogen-bond donors (Lipinski definition) is 0. The van der Waals surface area contributed by atoms with Gasteiger partial charge in [0.15, 0.2) is 5.79 Å². The molecule has 0 saturated carbocycles. The smallest absolute Gasteiger partial charge is 0.348 e. The molecule has 0 radical (unpaired) electrons. The van der Waals surface area contributed by atoms with E-state index < -0.39 is 35.6 Å². The summed E-state index contributed by atoms with van der Waals surface area (Å²) in [6, 6.07) is -0.412. The lowest BCUT2D eigenvalue weighted by atomic mass is 9.81. The summed E-state index contributed by atoms with van der Waals surface area (Å²) in [7, 11) is 0. The van der Waals surface area contributed by atoms with Crippen molar-refractivity contribution in [2.45, 2.75) is 57.3 Å². The van der Waals surface area contributed by atoms with Crippen LogP contribution in [0.15, 0.2) is 12.2 Å². The van der Waals surface area contributed by atoms with E-state index in [1.807, 2.05) is 0 Å². The fourth-order valence-electron chi connectivity index (χ4n) is 3.07. The summed E-state index contributed by atoms with van der Waals surface area (Å²) in [5.74, 6) is -1.74. The lowest BCUT2D eigenvalue weighted by Crippen LogP contribution is -2.70. The van der Waals surface area contributed by atoms with Crippen molar-refractivity contribution in [2.24, 2.45) is 0 Å². The number of hydrogen-bond acceptors (Lipinski definition) is 6. The SMILES string of the molecule is CCOC(=O)C12C=C[C@H]([C@@H]3OC(C)(C)O[C@@H]31)N(C(C)=O)O2. The van der Waals surface area contributed by atoms with Gasteiger partial charge in [0.25, 0.3) is 0 Å². The highest BCUT2D eigenvalue weighted by molar-refractivity contribution is 5.85. The van der Waals surface area contributed by atoms with Gasteiger partial charge in [-0.2, -0.15) is 0 Å². The van der Waals surface area contributed by atoms with Gasteiger partial charge in [-0.15, -0.1) is 0 Å². The molecule has 116 valence electrons. The molecule has 1 amide bonds. The largest absolute Gasteiger partial charge is 0.463 e. The third-order valence-electron chi connectivity index (χ3n) is 3.85. The predicted molar refractivity (Wildman–Crippen MR) is 69.7 cm³/mol. The summed E-state index contributed by atoms with van der Waals surface area (Å²) in [6.07, 6.45) is 2.25. The van der Waals surface area contributed by atoms with Crippen molar-refractivity contribution in [2.75, 3.05) is 6.61 Å². The molecule has 1 aliphatic carbocycles. The Labute approximate surface area is 122 Å². The first-order valence-electron chi connectivity index (χ1n) is 7.02. The second-order valence-electron chi connectivity index (χ2n) is 5.82. The Morgan fingerprint density at radius 3 is 2.67 bits per heavy atom. The Morgan fingerprint density at radius 2 is 2.05 bits per heavy atom. The van der Waals surface area contributed by atoms with Crippen molar-refractivity contribution in [1.82, 2.24) is 5.06 Å². The van der Waals surface area contributed by atoms with Gasteiger partial charge in [-0.25, -0.2) is 14.7 Å². The molecule has 2 bridgehead atoms. The number of hydroxylamine groups is 2. The van der Waals surface area contributed by atoms with Gasteiger partial charge in [-0.05, 0) is 26.8 Å².